The number of benzene rings is 2. The van der Waals surface area contributed by atoms with Gasteiger partial charge in [0, 0.05) is 49.3 Å². The number of aryl methyl sites for hydroxylation is 1. The third kappa shape index (κ3) is 7.72. The van der Waals surface area contributed by atoms with Crippen molar-refractivity contribution in [2.24, 2.45) is 11.8 Å². The second-order valence-corrected chi connectivity index (χ2v) is 17.4. The first-order chi connectivity index (χ1) is 24.1. The molecule has 1 saturated heterocycles. The van der Waals surface area contributed by atoms with E-state index in [0.29, 0.717) is 50.1 Å². The molecule has 0 radical (unpaired) electrons. The van der Waals surface area contributed by atoms with Crippen LogP contribution in [0.25, 0.3) is 11.1 Å². The summed E-state index contributed by atoms with van der Waals surface area (Å²) in [5.74, 6) is 1.83. The molecule has 11 heteroatoms. The minimum absolute atomic E-state index is 0.146. The molecule has 2 aromatic carbocycles. The van der Waals surface area contributed by atoms with Crippen molar-refractivity contribution < 1.29 is 27.5 Å². The summed E-state index contributed by atoms with van der Waals surface area (Å²) in [6, 6.07) is 15.4. The van der Waals surface area contributed by atoms with Gasteiger partial charge in [-0.25, -0.2) is 13.2 Å². The lowest BCUT2D eigenvalue weighted by molar-refractivity contribution is -0.124. The Morgan fingerprint density at radius 1 is 0.920 bits per heavy atom. The number of likely N-dealkylation sites (tertiary alicyclic amines) is 1. The molecule has 0 atom stereocenters. The summed E-state index contributed by atoms with van der Waals surface area (Å²) in [6.07, 6.45) is 13.7. The average Bonchev–Trinajstić information content (AvgIpc) is 3.82. The molecule has 3 aromatic rings. The van der Waals surface area contributed by atoms with Crippen LogP contribution in [0.2, 0.25) is 0 Å². The summed E-state index contributed by atoms with van der Waals surface area (Å²) < 4.78 is 36.8. The number of hydrogen-bond donors (Lipinski definition) is 0. The number of carbonyl (C=O) groups is 2. The second kappa shape index (κ2) is 14.4. The molecule has 7 rings (SSSR count). The number of methoxy groups -OCH3 is 1. The van der Waals surface area contributed by atoms with Crippen molar-refractivity contribution in [2.45, 2.75) is 94.4 Å². The molecule has 0 unspecified atom stereocenters. The van der Waals surface area contributed by atoms with Crippen molar-refractivity contribution in [3.8, 4) is 16.9 Å². The fraction of sp³-hybridized carbons (Fsp3) is 0.564. The van der Waals surface area contributed by atoms with Gasteiger partial charge >= 0.3 is 6.09 Å². The molecular weight excluding hydrogens is 653 g/mol. The largest absolute Gasteiger partial charge is 0.496 e. The van der Waals surface area contributed by atoms with Gasteiger partial charge in [-0.3, -0.25) is 9.48 Å². The summed E-state index contributed by atoms with van der Waals surface area (Å²) >= 11 is 0. The van der Waals surface area contributed by atoms with Crippen molar-refractivity contribution >= 4 is 27.5 Å². The highest BCUT2D eigenvalue weighted by Gasteiger charge is 2.40. The first kappa shape index (κ1) is 34.6. The van der Waals surface area contributed by atoms with Crippen LogP contribution in [0.3, 0.4) is 0 Å². The van der Waals surface area contributed by atoms with Crippen LogP contribution in [0.1, 0.15) is 87.3 Å². The molecule has 1 aromatic heterocycles. The molecule has 3 saturated carbocycles. The van der Waals surface area contributed by atoms with Gasteiger partial charge in [-0.05, 0) is 118 Å². The molecule has 10 nitrogen and oxygen atoms in total. The molecule has 1 aliphatic heterocycles. The summed E-state index contributed by atoms with van der Waals surface area (Å²) in [5.41, 5.74) is 5.58. The summed E-state index contributed by atoms with van der Waals surface area (Å²) in [5, 5.41) is 4.09. The Labute approximate surface area is 296 Å². The third-order valence-corrected chi connectivity index (χ3v) is 13.0. The first-order valence-corrected chi connectivity index (χ1v) is 20.3. The minimum atomic E-state index is -3.16. The predicted octanol–water partition coefficient (Wildman–Crippen LogP) is 6.93. The van der Waals surface area contributed by atoms with Crippen LogP contribution in [0, 0.1) is 18.8 Å². The number of nitrogens with zero attached hydrogens (tertiary/aromatic N) is 4. The van der Waals surface area contributed by atoms with Crippen LogP contribution in [0.15, 0.2) is 54.9 Å². The normalized spacial score (nSPS) is 24.3. The van der Waals surface area contributed by atoms with E-state index in [-0.39, 0.29) is 31.0 Å². The van der Waals surface area contributed by atoms with Crippen molar-refractivity contribution in [3.63, 3.8) is 0 Å². The maximum absolute atomic E-state index is 14.5. The van der Waals surface area contributed by atoms with E-state index in [9.17, 15) is 18.0 Å². The van der Waals surface area contributed by atoms with E-state index in [1.54, 1.807) is 7.11 Å². The highest BCUT2D eigenvalue weighted by atomic mass is 32.2. The lowest BCUT2D eigenvalue weighted by atomic mass is 9.78. The van der Waals surface area contributed by atoms with Crippen LogP contribution >= 0.6 is 0 Å². The number of amides is 2. The molecule has 3 aliphatic carbocycles. The summed E-state index contributed by atoms with van der Waals surface area (Å²) in [4.78, 5) is 30.6. The maximum Gasteiger partial charge on any atom is 0.410 e. The zero-order chi connectivity index (χ0) is 35.0. The molecule has 0 bridgehead atoms. The quantitative estimate of drug-likeness (QED) is 0.225. The maximum atomic E-state index is 14.5. The first-order valence-electron chi connectivity index (χ1n) is 18.3. The van der Waals surface area contributed by atoms with Crippen LogP contribution in [-0.4, -0.2) is 79.5 Å². The number of anilines is 1. The van der Waals surface area contributed by atoms with Gasteiger partial charge in [0.05, 0.1) is 24.6 Å². The SMILES string of the molecule is COc1ccc(C2CCC(CN(C(=O)C3CCC(OC(=O)N4CC(S(C)(=O)=O)C4)CC3)c3cccc(-c4cnn(C5CC5)c4)c3)CC2)cc1C. The molecule has 2 amide bonds. The highest BCUT2D eigenvalue weighted by Crippen LogP contribution is 2.40. The number of rotatable bonds is 10. The Hall–Kier alpha value is -3.86. The fourth-order valence-corrected chi connectivity index (χ4v) is 8.92. The monoisotopic (exact) mass is 702 g/mol. The fourth-order valence-electron chi connectivity index (χ4n) is 8.02. The number of sulfone groups is 1. The molecule has 268 valence electrons. The van der Waals surface area contributed by atoms with Crippen LogP contribution < -0.4 is 9.64 Å². The smallest absolute Gasteiger partial charge is 0.410 e. The molecule has 50 heavy (non-hydrogen) atoms. The van der Waals surface area contributed by atoms with Gasteiger partial charge in [0.15, 0.2) is 9.84 Å². The molecular formula is C39H50N4O6S. The number of aromatic nitrogens is 2. The van der Waals surface area contributed by atoms with Gasteiger partial charge in [-0.1, -0.05) is 24.3 Å². The van der Waals surface area contributed by atoms with Crippen molar-refractivity contribution in [3.05, 3.63) is 66.0 Å². The molecule has 0 spiro atoms. The van der Waals surface area contributed by atoms with Crippen molar-refractivity contribution in [1.29, 1.82) is 0 Å². The molecule has 2 heterocycles. The van der Waals surface area contributed by atoms with E-state index in [1.165, 1.54) is 29.6 Å². The van der Waals surface area contributed by atoms with Crippen molar-refractivity contribution in [1.82, 2.24) is 14.7 Å². The number of hydrogen-bond acceptors (Lipinski definition) is 7. The highest BCUT2D eigenvalue weighted by molar-refractivity contribution is 7.91. The Kier molecular flexibility index (Phi) is 9.96. The van der Waals surface area contributed by atoms with E-state index < -0.39 is 21.2 Å². The zero-order valence-electron chi connectivity index (χ0n) is 29.5. The lowest BCUT2D eigenvalue weighted by Gasteiger charge is -2.39. The van der Waals surface area contributed by atoms with E-state index in [4.69, 9.17) is 9.47 Å². The Morgan fingerprint density at radius 2 is 1.66 bits per heavy atom. The van der Waals surface area contributed by atoms with E-state index in [0.717, 1.165) is 53.8 Å². The van der Waals surface area contributed by atoms with E-state index in [1.807, 2.05) is 17.2 Å². The average molecular weight is 703 g/mol. The summed E-state index contributed by atoms with van der Waals surface area (Å²) in [7, 11) is -1.45. The van der Waals surface area contributed by atoms with Crippen molar-refractivity contribution in [2.75, 3.05) is 37.9 Å². The minimum Gasteiger partial charge on any atom is -0.496 e. The lowest BCUT2D eigenvalue weighted by Crippen LogP contribution is -2.57. The van der Waals surface area contributed by atoms with Gasteiger partial charge in [0.25, 0.3) is 0 Å². The Balaban J connectivity index is 1.02. The predicted molar refractivity (Wildman–Crippen MR) is 193 cm³/mol. The Bertz CT molecular complexity index is 1800. The number of ether oxygens (including phenoxy) is 2. The number of carbonyl (C=O) groups excluding carboxylic acids is 2. The zero-order valence-corrected chi connectivity index (χ0v) is 30.3. The molecule has 4 fully saturated rings. The van der Waals surface area contributed by atoms with E-state index in [2.05, 4.69) is 59.3 Å². The summed E-state index contributed by atoms with van der Waals surface area (Å²) in [6.45, 7) is 3.15. The van der Waals surface area contributed by atoms with Crippen LogP contribution in [0.4, 0.5) is 10.5 Å². The van der Waals surface area contributed by atoms with Crippen LogP contribution in [0.5, 0.6) is 5.75 Å². The molecule has 4 aliphatic rings. The Morgan fingerprint density at radius 3 is 2.32 bits per heavy atom. The topological polar surface area (TPSA) is 111 Å². The van der Waals surface area contributed by atoms with Gasteiger partial charge in [-0.2, -0.15) is 5.10 Å². The van der Waals surface area contributed by atoms with Gasteiger partial charge in [0.1, 0.15) is 11.9 Å². The second-order valence-electron chi connectivity index (χ2n) is 15.1. The standard InChI is InChI=1S/C39H50N4O6S/c1-26-19-31(13-18-37(26)48-2)28-9-7-27(8-10-28)22-42(34-6-4-5-30(20-34)32-21-40-43(23-32)33-14-15-33)38(44)29-11-16-35(17-12-29)49-39(45)41-24-36(25-41)50(3,46)47/h4-6,13,18-21,23,27-29,33,35-36H,7-12,14-17,22,24-25H2,1-3H3. The third-order valence-electron chi connectivity index (χ3n) is 11.5. The van der Waals surface area contributed by atoms with E-state index >= 15 is 0 Å². The molecule has 0 N–H and O–H groups in total. The van der Waals surface area contributed by atoms with Gasteiger partial charge in [-0.15, -0.1) is 0 Å². The van der Waals surface area contributed by atoms with Gasteiger partial charge in [0.2, 0.25) is 5.91 Å². The van der Waals surface area contributed by atoms with Crippen LogP contribution in [-0.2, 0) is 19.4 Å². The van der Waals surface area contributed by atoms with Gasteiger partial charge < -0.3 is 19.3 Å².